The van der Waals surface area contributed by atoms with E-state index in [-0.39, 0.29) is 32.3 Å². The van der Waals surface area contributed by atoms with Crippen LogP contribution in [0.5, 0.6) is 5.75 Å². The van der Waals surface area contributed by atoms with Gasteiger partial charge in [-0.25, -0.2) is 8.42 Å². The highest BCUT2D eigenvalue weighted by Gasteiger charge is 2.31. The van der Waals surface area contributed by atoms with Crippen LogP contribution >= 0.6 is 0 Å². The van der Waals surface area contributed by atoms with Crippen LogP contribution in [0.2, 0.25) is 0 Å². The van der Waals surface area contributed by atoms with Crippen molar-refractivity contribution in [2.45, 2.75) is 27.7 Å². The quantitative estimate of drug-likeness (QED) is 0.138. The van der Waals surface area contributed by atoms with Crippen molar-refractivity contribution >= 4 is 78.5 Å². The smallest absolute Gasteiger partial charge is 0.295 e. The largest absolute Gasteiger partial charge is 0.507 e. The van der Waals surface area contributed by atoms with Gasteiger partial charge in [0.1, 0.15) is 21.3 Å². The van der Waals surface area contributed by atoms with Crippen molar-refractivity contribution in [2.24, 2.45) is 0 Å². The van der Waals surface area contributed by atoms with Gasteiger partial charge in [-0.05, 0) is 19.1 Å². The van der Waals surface area contributed by atoms with E-state index < -0.39 is 78.4 Å². The summed E-state index contributed by atoms with van der Waals surface area (Å²) in [5.41, 5.74) is 0. The zero-order valence-electron chi connectivity index (χ0n) is 18.8. The third-order valence-corrected chi connectivity index (χ3v) is 9.83. The predicted molar refractivity (Wildman–Crippen MR) is 133 cm³/mol. The van der Waals surface area contributed by atoms with E-state index in [1.807, 2.05) is 4.72 Å². The number of ketones is 1. The van der Waals surface area contributed by atoms with E-state index in [9.17, 15) is 52.7 Å². The molecule has 4 aromatic carbocycles. The van der Waals surface area contributed by atoms with Crippen molar-refractivity contribution in [3.63, 3.8) is 0 Å². The van der Waals surface area contributed by atoms with Crippen LogP contribution in [0.15, 0.2) is 51.1 Å². The number of hydrogen-bond acceptors (Lipinski definition) is 10. The monoisotopic (exact) mass is 607 g/mol. The van der Waals surface area contributed by atoms with Crippen molar-refractivity contribution in [3.05, 3.63) is 36.4 Å². The predicted octanol–water partition coefficient (Wildman–Crippen LogP) is 0.907. The molecule has 0 spiro atoms. The number of rotatable bonds is 8. The Morgan fingerprint density at radius 1 is 0.737 bits per heavy atom. The van der Waals surface area contributed by atoms with Gasteiger partial charge >= 0.3 is 0 Å². The molecule has 4 rings (SSSR count). The van der Waals surface area contributed by atoms with Crippen LogP contribution < -0.4 is 4.72 Å². The van der Waals surface area contributed by atoms with Gasteiger partial charge in [0, 0.05) is 38.4 Å². The lowest BCUT2D eigenvalue weighted by molar-refractivity contribution is -0.118. The van der Waals surface area contributed by atoms with Gasteiger partial charge in [0.05, 0.1) is 16.7 Å². The lowest BCUT2D eigenvalue weighted by Gasteiger charge is -2.19. The van der Waals surface area contributed by atoms with Gasteiger partial charge in [0.15, 0.2) is 0 Å². The molecular formula is C20H17NO13S4. The second-order valence-electron chi connectivity index (χ2n) is 8.32. The zero-order valence-corrected chi connectivity index (χ0v) is 22.1. The minimum atomic E-state index is -5.09. The maximum Gasteiger partial charge on any atom is 0.295 e. The summed E-state index contributed by atoms with van der Waals surface area (Å²) in [6, 6.07) is 3.82. The number of Topliss-reactive ketones (excluding diaryl/α,β-unsaturated/α-hetero) is 1. The summed E-state index contributed by atoms with van der Waals surface area (Å²) in [6.45, 7) is 0.869. The van der Waals surface area contributed by atoms with Crippen LogP contribution in [-0.4, -0.2) is 70.0 Å². The number of phenols is 1. The van der Waals surface area contributed by atoms with Gasteiger partial charge in [-0.3, -0.25) is 18.5 Å². The molecule has 4 aromatic rings. The van der Waals surface area contributed by atoms with Gasteiger partial charge < -0.3 is 5.11 Å². The number of carbonyl (C=O) groups excluding carboxylic acids is 1. The molecule has 0 fully saturated rings. The Bertz CT molecular complexity index is 2050. The fraction of sp³-hybridized carbons (Fsp3) is 0.150. The molecule has 0 saturated heterocycles. The molecule has 38 heavy (non-hydrogen) atoms. The van der Waals surface area contributed by atoms with E-state index in [2.05, 4.69) is 0 Å². The summed E-state index contributed by atoms with van der Waals surface area (Å²) in [4.78, 5) is 9.31. The first-order chi connectivity index (χ1) is 17.2. The minimum Gasteiger partial charge on any atom is -0.507 e. The van der Waals surface area contributed by atoms with Gasteiger partial charge in [-0.1, -0.05) is 18.2 Å². The fourth-order valence-corrected chi connectivity index (χ4v) is 8.05. The molecule has 0 radical (unpaired) electrons. The number of hydrogen-bond donors (Lipinski definition) is 5. The summed E-state index contributed by atoms with van der Waals surface area (Å²) < 4.78 is 128. The van der Waals surface area contributed by atoms with Gasteiger partial charge in [-0.15, -0.1) is 0 Å². The maximum atomic E-state index is 13.3. The molecule has 0 saturated carbocycles. The summed E-state index contributed by atoms with van der Waals surface area (Å²) >= 11 is 0. The molecule has 1 atom stereocenters. The lowest BCUT2D eigenvalue weighted by Crippen LogP contribution is -2.44. The number of benzene rings is 4. The molecule has 0 bridgehead atoms. The number of phenolic OH excluding ortho intramolecular Hbond substituents is 1. The molecule has 0 aromatic heterocycles. The summed E-state index contributed by atoms with van der Waals surface area (Å²) in [5, 5.41) is 9.35. The molecule has 0 aliphatic carbocycles. The molecule has 0 amide bonds. The standard InChI is InChI=1S/C20H17NO13S4/c1-9(22)14(8-35(24,25)26)21-36(27,28)16-6-15(23)10-2-3-12-17(37(29,30)31)7-18(38(32,33)34)13-5-4-11(16)19(10)20(12)13/h2-7,14,21,23H,8H2,1H3,(H,24,25,26)(H,29,30,31)(H,32,33,34). The number of nitrogens with one attached hydrogen (secondary N) is 1. The summed E-state index contributed by atoms with van der Waals surface area (Å²) in [6.07, 6.45) is 0. The van der Waals surface area contributed by atoms with Crippen molar-refractivity contribution in [1.82, 2.24) is 4.72 Å². The Morgan fingerprint density at radius 2 is 1.16 bits per heavy atom. The summed E-state index contributed by atoms with van der Waals surface area (Å²) in [7, 11) is -19.8. The number of aromatic hydroxyl groups is 1. The molecule has 1 unspecified atom stereocenters. The Hall–Kier alpha value is -2.97. The highest BCUT2D eigenvalue weighted by atomic mass is 32.2. The van der Waals surface area contributed by atoms with E-state index in [1.54, 1.807) is 0 Å². The van der Waals surface area contributed by atoms with E-state index >= 15 is 0 Å². The Labute approximate surface area is 215 Å². The first-order valence-electron chi connectivity index (χ1n) is 10.1. The van der Waals surface area contributed by atoms with Crippen LogP contribution in [0.25, 0.3) is 32.3 Å². The molecule has 0 aliphatic heterocycles. The summed E-state index contributed by atoms with van der Waals surface area (Å²) in [5.74, 6) is -2.95. The van der Waals surface area contributed by atoms with Crippen molar-refractivity contribution in [1.29, 1.82) is 0 Å². The van der Waals surface area contributed by atoms with Crippen LogP contribution in [-0.2, 0) is 45.2 Å². The Balaban J connectivity index is 2.16. The van der Waals surface area contributed by atoms with Crippen LogP contribution in [0.4, 0.5) is 0 Å². The molecule has 5 N–H and O–H groups in total. The maximum absolute atomic E-state index is 13.3. The third-order valence-electron chi connectivity index (χ3n) is 5.77. The van der Waals surface area contributed by atoms with Crippen LogP contribution in [0.3, 0.4) is 0 Å². The van der Waals surface area contributed by atoms with Crippen molar-refractivity contribution in [3.8, 4) is 5.75 Å². The van der Waals surface area contributed by atoms with E-state index in [0.29, 0.717) is 6.07 Å². The topological polar surface area (TPSA) is 247 Å². The van der Waals surface area contributed by atoms with Crippen molar-refractivity contribution < 1.29 is 57.2 Å². The van der Waals surface area contributed by atoms with E-state index in [4.69, 9.17) is 4.55 Å². The Kier molecular flexibility index (Phi) is 6.48. The van der Waals surface area contributed by atoms with Gasteiger partial charge in [-0.2, -0.15) is 30.0 Å². The second-order valence-corrected chi connectivity index (χ2v) is 14.3. The zero-order chi connectivity index (χ0) is 28.6. The first-order valence-corrected chi connectivity index (χ1v) is 16.1. The first kappa shape index (κ1) is 28.0. The molecule has 14 nitrogen and oxygen atoms in total. The molecule has 0 heterocycles. The normalized spacial score (nSPS) is 14.4. The molecule has 204 valence electrons. The highest BCUT2D eigenvalue weighted by molar-refractivity contribution is 7.90. The van der Waals surface area contributed by atoms with E-state index in [1.165, 1.54) is 6.07 Å². The van der Waals surface area contributed by atoms with E-state index in [0.717, 1.165) is 31.2 Å². The van der Waals surface area contributed by atoms with Gasteiger partial charge in [0.2, 0.25) is 10.0 Å². The average molecular weight is 608 g/mol. The SMILES string of the molecule is CC(=O)C(CS(=O)(=O)O)NS(=O)(=O)c1cc(O)c2ccc3c(S(=O)(=O)O)cc(S(=O)(=O)O)c4ccc1c2c34. The average Bonchev–Trinajstić information content (AvgIpc) is 2.74. The highest BCUT2D eigenvalue weighted by Crippen LogP contribution is 2.44. The molecule has 0 aliphatic rings. The molecule has 18 heteroatoms. The fourth-order valence-electron chi connectivity index (χ4n) is 4.22. The number of sulfonamides is 1. The third kappa shape index (κ3) is 4.92. The second kappa shape index (κ2) is 8.78. The number of carbonyl (C=O) groups is 1. The van der Waals surface area contributed by atoms with Gasteiger partial charge in [0.25, 0.3) is 30.4 Å². The molecular weight excluding hydrogens is 590 g/mol. The van der Waals surface area contributed by atoms with Crippen molar-refractivity contribution in [2.75, 3.05) is 5.75 Å². The van der Waals surface area contributed by atoms with Crippen LogP contribution in [0.1, 0.15) is 6.92 Å². The Morgan fingerprint density at radius 3 is 1.58 bits per heavy atom. The van der Waals surface area contributed by atoms with Crippen LogP contribution in [0, 0.1) is 0 Å². The lowest BCUT2D eigenvalue weighted by atomic mass is 9.94. The minimum absolute atomic E-state index is 0.0770.